The summed E-state index contributed by atoms with van der Waals surface area (Å²) in [4.78, 5) is 0. The van der Waals surface area contributed by atoms with E-state index in [9.17, 15) is 5.11 Å². The molecule has 1 aromatic rings. The molecule has 1 unspecified atom stereocenters. The van der Waals surface area contributed by atoms with Crippen LogP contribution in [0.2, 0.25) is 0 Å². The Morgan fingerprint density at radius 3 is 2.93 bits per heavy atom. The number of para-hydroxylation sites is 1. The van der Waals surface area contributed by atoms with Gasteiger partial charge < -0.3 is 10.4 Å². The standard InChI is InChI=1S/C13H15NO/c1-10(15)9-12-7-4-6-11-5-2-3-8-13(11)14-12/h2-8,10,14-15H,9H2,1H3. The predicted molar refractivity (Wildman–Crippen MR) is 63.5 cm³/mol. The SMILES string of the molecule is CC(O)CC1=CC=Cc2ccccc2N1. The van der Waals surface area contributed by atoms with Gasteiger partial charge in [0.1, 0.15) is 0 Å². The average molecular weight is 201 g/mol. The van der Waals surface area contributed by atoms with Gasteiger partial charge in [0.15, 0.2) is 0 Å². The fourth-order valence-electron chi connectivity index (χ4n) is 1.68. The second-order valence-corrected chi connectivity index (χ2v) is 3.82. The van der Waals surface area contributed by atoms with E-state index in [0.717, 1.165) is 11.4 Å². The van der Waals surface area contributed by atoms with Crippen molar-refractivity contribution in [3.8, 4) is 0 Å². The second-order valence-electron chi connectivity index (χ2n) is 3.82. The fourth-order valence-corrected chi connectivity index (χ4v) is 1.68. The first kappa shape index (κ1) is 9.99. The molecule has 0 radical (unpaired) electrons. The molecule has 2 heteroatoms. The number of nitrogens with one attached hydrogen (secondary N) is 1. The van der Waals surface area contributed by atoms with E-state index in [1.54, 1.807) is 6.92 Å². The van der Waals surface area contributed by atoms with E-state index in [1.165, 1.54) is 5.56 Å². The molecular formula is C13H15NO. The molecular weight excluding hydrogens is 186 g/mol. The summed E-state index contributed by atoms with van der Waals surface area (Å²) in [6.07, 6.45) is 6.42. The largest absolute Gasteiger partial charge is 0.393 e. The second kappa shape index (κ2) is 4.32. The number of fused-ring (bicyclic) bond motifs is 1. The summed E-state index contributed by atoms with van der Waals surface area (Å²) < 4.78 is 0. The molecule has 0 saturated carbocycles. The van der Waals surface area contributed by atoms with Crippen molar-refractivity contribution in [2.24, 2.45) is 0 Å². The van der Waals surface area contributed by atoms with Gasteiger partial charge in [0.05, 0.1) is 6.10 Å². The van der Waals surface area contributed by atoms with Crippen molar-refractivity contribution in [2.45, 2.75) is 19.4 Å². The summed E-state index contributed by atoms with van der Waals surface area (Å²) in [5, 5.41) is 12.7. The first-order chi connectivity index (χ1) is 7.25. The van der Waals surface area contributed by atoms with Crippen LogP contribution in [0.5, 0.6) is 0 Å². The van der Waals surface area contributed by atoms with Crippen molar-refractivity contribution in [3.63, 3.8) is 0 Å². The lowest BCUT2D eigenvalue weighted by molar-refractivity contribution is 0.195. The van der Waals surface area contributed by atoms with Gasteiger partial charge in [-0.1, -0.05) is 30.4 Å². The van der Waals surface area contributed by atoms with Crippen LogP contribution >= 0.6 is 0 Å². The van der Waals surface area contributed by atoms with E-state index >= 15 is 0 Å². The summed E-state index contributed by atoms with van der Waals surface area (Å²) in [5.74, 6) is 0. The van der Waals surface area contributed by atoms with E-state index in [4.69, 9.17) is 0 Å². The van der Waals surface area contributed by atoms with Crippen LogP contribution in [0.15, 0.2) is 42.1 Å². The van der Waals surface area contributed by atoms with Crippen molar-refractivity contribution in [1.29, 1.82) is 0 Å². The van der Waals surface area contributed by atoms with E-state index in [0.29, 0.717) is 6.42 Å². The zero-order valence-corrected chi connectivity index (χ0v) is 8.77. The number of hydrogen-bond acceptors (Lipinski definition) is 2. The summed E-state index contributed by atoms with van der Waals surface area (Å²) in [5.41, 5.74) is 3.32. The van der Waals surface area contributed by atoms with Gasteiger partial charge in [0.2, 0.25) is 0 Å². The Bertz CT molecular complexity index is 405. The molecule has 1 aliphatic rings. The fraction of sp³-hybridized carbons (Fsp3) is 0.231. The first-order valence-corrected chi connectivity index (χ1v) is 5.17. The lowest BCUT2D eigenvalue weighted by atomic mass is 10.1. The Hall–Kier alpha value is -1.54. The highest BCUT2D eigenvalue weighted by atomic mass is 16.3. The van der Waals surface area contributed by atoms with Crippen molar-refractivity contribution in [3.05, 3.63) is 47.7 Å². The van der Waals surface area contributed by atoms with E-state index < -0.39 is 0 Å². The van der Waals surface area contributed by atoms with Crippen LogP contribution in [0.25, 0.3) is 6.08 Å². The molecule has 2 N–H and O–H groups in total. The Morgan fingerprint density at radius 1 is 1.33 bits per heavy atom. The van der Waals surface area contributed by atoms with Crippen LogP contribution in [-0.2, 0) is 0 Å². The monoisotopic (exact) mass is 201 g/mol. The lowest BCUT2D eigenvalue weighted by Gasteiger charge is -2.12. The van der Waals surface area contributed by atoms with Crippen molar-refractivity contribution >= 4 is 11.8 Å². The third-order valence-corrected chi connectivity index (χ3v) is 2.34. The summed E-state index contributed by atoms with van der Waals surface area (Å²) in [6, 6.07) is 8.13. The molecule has 0 aromatic heterocycles. The van der Waals surface area contributed by atoms with Crippen molar-refractivity contribution in [1.82, 2.24) is 0 Å². The molecule has 0 amide bonds. The number of anilines is 1. The Labute approximate surface area is 89.9 Å². The van der Waals surface area contributed by atoms with Gasteiger partial charge in [0.25, 0.3) is 0 Å². The highest BCUT2D eigenvalue weighted by Gasteiger charge is 2.06. The molecule has 15 heavy (non-hydrogen) atoms. The molecule has 1 aromatic carbocycles. The van der Waals surface area contributed by atoms with Crippen LogP contribution in [0.1, 0.15) is 18.9 Å². The van der Waals surface area contributed by atoms with Gasteiger partial charge in [0, 0.05) is 17.8 Å². The van der Waals surface area contributed by atoms with Gasteiger partial charge in [-0.15, -0.1) is 0 Å². The molecule has 0 saturated heterocycles. The third-order valence-electron chi connectivity index (χ3n) is 2.34. The molecule has 2 rings (SSSR count). The van der Waals surface area contributed by atoms with Crippen LogP contribution in [0.3, 0.4) is 0 Å². The van der Waals surface area contributed by atoms with Crippen LogP contribution in [-0.4, -0.2) is 11.2 Å². The first-order valence-electron chi connectivity index (χ1n) is 5.17. The van der Waals surface area contributed by atoms with Gasteiger partial charge in [-0.25, -0.2) is 0 Å². The topological polar surface area (TPSA) is 32.3 Å². The highest BCUT2D eigenvalue weighted by Crippen LogP contribution is 2.22. The van der Waals surface area contributed by atoms with Gasteiger partial charge in [-0.2, -0.15) is 0 Å². The smallest absolute Gasteiger partial charge is 0.0566 e. The Kier molecular flexibility index (Phi) is 2.88. The molecule has 2 nitrogen and oxygen atoms in total. The molecule has 0 spiro atoms. The minimum absolute atomic E-state index is 0.317. The molecule has 1 atom stereocenters. The van der Waals surface area contributed by atoms with Crippen LogP contribution < -0.4 is 5.32 Å². The molecule has 0 aliphatic carbocycles. The minimum Gasteiger partial charge on any atom is -0.393 e. The zero-order chi connectivity index (χ0) is 10.7. The van der Waals surface area contributed by atoms with Gasteiger partial charge in [-0.05, 0) is 24.6 Å². The van der Waals surface area contributed by atoms with Crippen molar-refractivity contribution in [2.75, 3.05) is 5.32 Å². The molecule has 0 bridgehead atoms. The van der Waals surface area contributed by atoms with Gasteiger partial charge in [-0.3, -0.25) is 0 Å². The Balaban J connectivity index is 2.23. The summed E-state index contributed by atoms with van der Waals surface area (Å²) in [6.45, 7) is 1.79. The maximum absolute atomic E-state index is 9.34. The maximum atomic E-state index is 9.34. The zero-order valence-electron chi connectivity index (χ0n) is 8.77. The van der Waals surface area contributed by atoms with E-state index in [1.807, 2.05) is 30.4 Å². The maximum Gasteiger partial charge on any atom is 0.0566 e. The number of aliphatic hydroxyl groups is 1. The normalized spacial score (nSPS) is 16.0. The number of allylic oxidation sites excluding steroid dienone is 2. The number of rotatable bonds is 2. The highest BCUT2D eigenvalue weighted by molar-refractivity contribution is 5.70. The predicted octanol–water partition coefficient (Wildman–Crippen LogP) is 2.78. The number of hydrogen-bond donors (Lipinski definition) is 2. The molecule has 78 valence electrons. The minimum atomic E-state index is -0.317. The van der Waals surface area contributed by atoms with Crippen LogP contribution in [0, 0.1) is 0 Å². The lowest BCUT2D eigenvalue weighted by Crippen LogP contribution is -2.08. The summed E-state index contributed by atoms with van der Waals surface area (Å²) in [7, 11) is 0. The number of aliphatic hydroxyl groups excluding tert-OH is 1. The van der Waals surface area contributed by atoms with E-state index in [-0.39, 0.29) is 6.10 Å². The molecule has 1 heterocycles. The van der Waals surface area contributed by atoms with Gasteiger partial charge >= 0.3 is 0 Å². The average Bonchev–Trinajstić information content (AvgIpc) is 2.38. The van der Waals surface area contributed by atoms with Crippen LogP contribution in [0.4, 0.5) is 5.69 Å². The summed E-state index contributed by atoms with van der Waals surface area (Å²) >= 11 is 0. The van der Waals surface area contributed by atoms with E-state index in [2.05, 4.69) is 17.5 Å². The van der Waals surface area contributed by atoms with Crippen molar-refractivity contribution < 1.29 is 5.11 Å². The number of benzene rings is 1. The molecule has 0 fully saturated rings. The molecule has 1 aliphatic heterocycles. The third kappa shape index (κ3) is 2.48. The Morgan fingerprint density at radius 2 is 2.13 bits per heavy atom. The quantitative estimate of drug-likeness (QED) is 0.771.